The highest BCUT2D eigenvalue weighted by Crippen LogP contribution is 2.33. The summed E-state index contributed by atoms with van der Waals surface area (Å²) in [5.74, 6) is 0.0121. The Balaban J connectivity index is 1.44. The standard InChI is InChI=1S/C26H32F3N5O4S2/c1-34-17-25(31-18-34)40(37,38)32-21-11-13-22(14-12-21)39(35,36)33-23-10-6-5-9-20(23)16-30-24(26(27,28)29)15-19-7-3-2-4-8-19/h5-6,9-14,17-19,24,30,32-33H,2-4,7-8,15-16H2,1H3. The molecule has 1 saturated carbocycles. The number of aromatic nitrogens is 2. The minimum absolute atomic E-state index is 0.00612. The summed E-state index contributed by atoms with van der Waals surface area (Å²) in [4.78, 5) is 3.65. The van der Waals surface area contributed by atoms with Crippen molar-refractivity contribution in [2.24, 2.45) is 13.0 Å². The van der Waals surface area contributed by atoms with E-state index in [4.69, 9.17) is 0 Å². The van der Waals surface area contributed by atoms with Gasteiger partial charge in [-0.15, -0.1) is 0 Å². The zero-order valence-corrected chi connectivity index (χ0v) is 23.5. The van der Waals surface area contributed by atoms with Gasteiger partial charge in [-0.2, -0.15) is 21.6 Å². The highest BCUT2D eigenvalue weighted by molar-refractivity contribution is 7.93. The molecule has 1 fully saturated rings. The Labute approximate surface area is 232 Å². The summed E-state index contributed by atoms with van der Waals surface area (Å²) in [6.07, 6.45) is 2.74. The molecule has 1 atom stereocenters. The molecule has 0 aliphatic heterocycles. The number of nitrogens with one attached hydrogen (secondary N) is 3. The molecule has 0 saturated heterocycles. The maximum atomic E-state index is 13.8. The zero-order chi connectivity index (χ0) is 29.0. The van der Waals surface area contributed by atoms with Crippen LogP contribution in [-0.2, 0) is 33.6 Å². The number of imidazole rings is 1. The Morgan fingerprint density at radius 3 is 2.25 bits per heavy atom. The highest BCUT2D eigenvalue weighted by atomic mass is 32.2. The van der Waals surface area contributed by atoms with Crippen LogP contribution in [0, 0.1) is 5.92 Å². The van der Waals surface area contributed by atoms with Crippen LogP contribution in [0.15, 0.2) is 71.0 Å². The number of anilines is 2. The largest absolute Gasteiger partial charge is 0.403 e. The topological polar surface area (TPSA) is 122 Å². The molecule has 40 heavy (non-hydrogen) atoms. The first-order chi connectivity index (χ1) is 18.8. The number of rotatable bonds is 11. The molecule has 0 bridgehead atoms. The van der Waals surface area contributed by atoms with Gasteiger partial charge in [-0.05, 0) is 48.2 Å². The van der Waals surface area contributed by atoms with E-state index >= 15 is 0 Å². The molecule has 1 aliphatic carbocycles. The van der Waals surface area contributed by atoms with E-state index in [1.807, 2.05) is 0 Å². The fourth-order valence-corrected chi connectivity index (χ4v) is 6.88. The lowest BCUT2D eigenvalue weighted by atomic mass is 9.84. The van der Waals surface area contributed by atoms with Crippen LogP contribution in [0.1, 0.15) is 44.1 Å². The Kier molecular flexibility index (Phi) is 9.10. The van der Waals surface area contributed by atoms with E-state index in [2.05, 4.69) is 19.7 Å². The molecular weight excluding hydrogens is 567 g/mol. The number of para-hydroxylation sites is 1. The van der Waals surface area contributed by atoms with Gasteiger partial charge in [-0.1, -0.05) is 50.3 Å². The monoisotopic (exact) mass is 599 g/mol. The van der Waals surface area contributed by atoms with Crippen molar-refractivity contribution in [3.63, 3.8) is 0 Å². The van der Waals surface area contributed by atoms with Crippen LogP contribution < -0.4 is 14.8 Å². The molecule has 4 rings (SSSR count). The van der Waals surface area contributed by atoms with Gasteiger partial charge in [0.2, 0.25) is 0 Å². The van der Waals surface area contributed by atoms with Crippen molar-refractivity contribution in [1.29, 1.82) is 0 Å². The minimum Gasteiger partial charge on any atom is -0.339 e. The van der Waals surface area contributed by atoms with E-state index in [1.165, 1.54) is 47.4 Å². The number of aryl methyl sites for hydroxylation is 1. The second kappa shape index (κ2) is 12.2. The molecule has 1 heterocycles. The normalized spacial score (nSPS) is 16.0. The van der Waals surface area contributed by atoms with Gasteiger partial charge in [-0.3, -0.25) is 9.44 Å². The zero-order valence-electron chi connectivity index (χ0n) is 21.9. The number of halogens is 3. The van der Waals surface area contributed by atoms with Crippen LogP contribution in [0.4, 0.5) is 24.5 Å². The molecule has 9 nitrogen and oxygen atoms in total. The average molecular weight is 600 g/mol. The molecule has 1 aliphatic rings. The summed E-state index contributed by atoms with van der Waals surface area (Å²) in [7, 11) is -6.47. The van der Waals surface area contributed by atoms with Crippen LogP contribution in [0.2, 0.25) is 0 Å². The molecule has 1 unspecified atom stereocenters. The summed E-state index contributed by atoms with van der Waals surface area (Å²) < 4.78 is 98.7. The Morgan fingerprint density at radius 1 is 0.950 bits per heavy atom. The van der Waals surface area contributed by atoms with Crippen LogP contribution in [0.5, 0.6) is 0 Å². The van der Waals surface area contributed by atoms with Crippen molar-refractivity contribution < 1.29 is 30.0 Å². The second-order valence-corrected chi connectivity index (χ2v) is 13.3. The van der Waals surface area contributed by atoms with Crippen molar-refractivity contribution >= 4 is 31.4 Å². The van der Waals surface area contributed by atoms with E-state index in [9.17, 15) is 30.0 Å². The third-order valence-corrected chi connectivity index (χ3v) is 9.51. The van der Waals surface area contributed by atoms with Crippen LogP contribution in [0.25, 0.3) is 0 Å². The quantitative estimate of drug-likeness (QED) is 0.285. The number of nitrogens with zero attached hydrogens (tertiary/aromatic N) is 2. The molecule has 3 N–H and O–H groups in total. The molecule has 0 radical (unpaired) electrons. The van der Waals surface area contributed by atoms with Crippen LogP contribution in [-0.4, -0.2) is 38.6 Å². The number of sulfonamides is 2. The van der Waals surface area contributed by atoms with Crippen molar-refractivity contribution in [3.8, 4) is 0 Å². The van der Waals surface area contributed by atoms with Gasteiger partial charge in [-0.25, -0.2) is 13.4 Å². The fourth-order valence-electron chi connectivity index (χ4n) is 4.74. The molecule has 0 spiro atoms. The summed E-state index contributed by atoms with van der Waals surface area (Å²) in [5.41, 5.74) is 0.641. The fraction of sp³-hybridized carbons (Fsp3) is 0.423. The first-order valence-corrected chi connectivity index (χ1v) is 15.8. The van der Waals surface area contributed by atoms with Gasteiger partial charge in [0.25, 0.3) is 20.0 Å². The van der Waals surface area contributed by atoms with E-state index < -0.39 is 32.3 Å². The molecule has 3 aromatic rings. The summed E-state index contributed by atoms with van der Waals surface area (Å²) in [6.45, 7) is -0.177. The lowest BCUT2D eigenvalue weighted by molar-refractivity contribution is -0.160. The lowest BCUT2D eigenvalue weighted by Crippen LogP contribution is -2.43. The van der Waals surface area contributed by atoms with E-state index in [0.29, 0.717) is 5.56 Å². The van der Waals surface area contributed by atoms with Crippen LogP contribution in [0.3, 0.4) is 0 Å². The number of hydrogen-bond acceptors (Lipinski definition) is 6. The molecule has 14 heteroatoms. The number of alkyl halides is 3. The average Bonchev–Trinajstić information content (AvgIpc) is 3.34. The van der Waals surface area contributed by atoms with E-state index in [0.717, 1.165) is 32.1 Å². The maximum Gasteiger partial charge on any atom is 0.403 e. The Hall–Kier alpha value is -3.10. The molecule has 218 valence electrons. The van der Waals surface area contributed by atoms with Crippen molar-refractivity contribution in [1.82, 2.24) is 14.9 Å². The SMILES string of the molecule is Cn1cnc(S(=O)(=O)Nc2ccc(S(=O)(=O)Nc3ccccc3CNC(CC3CCCCC3)C(F)(F)F)cc2)c1. The first kappa shape index (κ1) is 29.9. The smallest absolute Gasteiger partial charge is 0.339 e. The predicted octanol–water partition coefficient (Wildman–Crippen LogP) is 5.01. The lowest BCUT2D eigenvalue weighted by Gasteiger charge is -2.29. The molecule has 1 aromatic heterocycles. The second-order valence-electron chi connectivity index (χ2n) is 9.98. The summed E-state index contributed by atoms with van der Waals surface area (Å²) >= 11 is 0. The summed E-state index contributed by atoms with van der Waals surface area (Å²) in [5, 5.41) is 2.41. The Morgan fingerprint density at radius 2 is 1.62 bits per heavy atom. The maximum absolute atomic E-state index is 13.8. The third-order valence-electron chi connectivity index (χ3n) is 6.86. The van der Waals surface area contributed by atoms with Gasteiger partial charge < -0.3 is 9.88 Å². The highest BCUT2D eigenvalue weighted by Gasteiger charge is 2.40. The molecular formula is C26H32F3N5O4S2. The molecule has 2 aromatic carbocycles. The first-order valence-electron chi connectivity index (χ1n) is 12.9. The van der Waals surface area contributed by atoms with Gasteiger partial charge in [0, 0.05) is 25.5 Å². The van der Waals surface area contributed by atoms with Gasteiger partial charge in [0.05, 0.1) is 16.9 Å². The van der Waals surface area contributed by atoms with Gasteiger partial charge >= 0.3 is 6.18 Å². The van der Waals surface area contributed by atoms with Crippen molar-refractivity contribution in [3.05, 3.63) is 66.6 Å². The van der Waals surface area contributed by atoms with Crippen molar-refractivity contribution in [2.75, 3.05) is 9.44 Å². The van der Waals surface area contributed by atoms with Gasteiger partial charge in [0.1, 0.15) is 6.04 Å². The van der Waals surface area contributed by atoms with Crippen LogP contribution >= 0.6 is 0 Å². The van der Waals surface area contributed by atoms with Crippen molar-refractivity contribution in [2.45, 2.75) is 67.2 Å². The summed E-state index contributed by atoms with van der Waals surface area (Å²) in [6, 6.07) is 9.60. The molecule has 0 amide bonds. The predicted molar refractivity (Wildman–Crippen MR) is 146 cm³/mol. The van der Waals surface area contributed by atoms with Gasteiger partial charge in [0.15, 0.2) is 5.03 Å². The number of hydrogen-bond donors (Lipinski definition) is 3. The minimum atomic E-state index is -4.42. The van der Waals surface area contributed by atoms with E-state index in [1.54, 1.807) is 25.2 Å². The Bertz CT molecular complexity index is 1500. The van der Waals surface area contributed by atoms with E-state index in [-0.39, 0.29) is 40.2 Å². The number of benzene rings is 2. The third kappa shape index (κ3) is 7.76.